The van der Waals surface area contributed by atoms with Crippen molar-refractivity contribution < 1.29 is 23.9 Å². The van der Waals surface area contributed by atoms with Crippen molar-refractivity contribution in [1.29, 1.82) is 0 Å². The van der Waals surface area contributed by atoms with E-state index >= 15 is 0 Å². The maximum absolute atomic E-state index is 13.6. The van der Waals surface area contributed by atoms with Gasteiger partial charge in [0.1, 0.15) is 5.75 Å². The molecule has 3 aliphatic rings. The minimum absolute atomic E-state index is 0.218. The molecule has 0 amide bonds. The van der Waals surface area contributed by atoms with Gasteiger partial charge in [0.25, 0.3) is 0 Å². The molecule has 6 rings (SSSR count). The van der Waals surface area contributed by atoms with Crippen molar-refractivity contribution in [1.82, 2.24) is 0 Å². The zero-order valence-electron chi connectivity index (χ0n) is 19.5. The van der Waals surface area contributed by atoms with Crippen LogP contribution in [-0.2, 0) is 15.1 Å². The Morgan fingerprint density at radius 2 is 1.74 bits per heavy atom. The summed E-state index contributed by atoms with van der Waals surface area (Å²) >= 11 is 2.77. The summed E-state index contributed by atoms with van der Waals surface area (Å²) in [6.45, 7) is 5.65. The van der Waals surface area contributed by atoms with Crippen LogP contribution >= 0.6 is 22.7 Å². The van der Waals surface area contributed by atoms with Gasteiger partial charge >= 0.3 is 5.97 Å². The number of hydrogen-bond donors (Lipinski definition) is 1. The molecule has 5 nitrogen and oxygen atoms in total. The first-order chi connectivity index (χ1) is 16.5. The predicted molar refractivity (Wildman–Crippen MR) is 135 cm³/mol. The van der Waals surface area contributed by atoms with Crippen molar-refractivity contribution in [2.45, 2.75) is 44.4 Å². The minimum atomic E-state index is -1.75. The number of aryl methyl sites for hydroxylation is 1. The first-order valence-corrected chi connectivity index (χ1v) is 13.8. The van der Waals surface area contributed by atoms with E-state index in [1.54, 1.807) is 0 Å². The molecule has 0 aliphatic carbocycles. The summed E-state index contributed by atoms with van der Waals surface area (Å²) in [5, 5.41) is 15.4. The van der Waals surface area contributed by atoms with E-state index in [1.807, 2.05) is 53.2 Å². The lowest BCUT2D eigenvalue weighted by Gasteiger charge is -2.53. The lowest BCUT2D eigenvalue weighted by atomic mass is 9.84. The highest BCUT2D eigenvalue weighted by molar-refractivity contribution is 7.12. The van der Waals surface area contributed by atoms with Gasteiger partial charge in [-0.15, -0.1) is 22.7 Å². The van der Waals surface area contributed by atoms with Gasteiger partial charge in [-0.3, -0.25) is 4.48 Å². The number of benzene rings is 1. The molecule has 2 bridgehead atoms. The molecule has 0 saturated carbocycles. The predicted octanol–water partition coefficient (Wildman–Crippen LogP) is 5.32. The molecular weight excluding hydrogens is 466 g/mol. The molecule has 34 heavy (non-hydrogen) atoms. The number of thiophene rings is 2. The number of para-hydroxylation sites is 1. The number of quaternary nitrogens is 1. The van der Waals surface area contributed by atoms with Crippen LogP contribution in [0.5, 0.6) is 5.75 Å². The summed E-state index contributed by atoms with van der Waals surface area (Å²) in [5.41, 5.74) is -0.612. The van der Waals surface area contributed by atoms with E-state index in [9.17, 15) is 9.90 Å². The number of rotatable bonds is 9. The van der Waals surface area contributed by atoms with Crippen molar-refractivity contribution in [2.75, 3.05) is 26.2 Å². The van der Waals surface area contributed by atoms with E-state index in [4.69, 9.17) is 9.47 Å². The number of hydrogen-bond acceptors (Lipinski definition) is 6. The van der Waals surface area contributed by atoms with Gasteiger partial charge in [-0.25, -0.2) is 4.79 Å². The number of ether oxygens (including phenoxy) is 2. The molecular formula is C27H32NO4S2+. The maximum atomic E-state index is 13.6. The van der Waals surface area contributed by atoms with Gasteiger partial charge in [0.05, 0.1) is 36.0 Å². The summed E-state index contributed by atoms with van der Waals surface area (Å²) < 4.78 is 13.1. The van der Waals surface area contributed by atoms with Crippen molar-refractivity contribution in [3.05, 3.63) is 74.6 Å². The fourth-order valence-electron chi connectivity index (χ4n) is 5.48. The lowest BCUT2D eigenvalue weighted by molar-refractivity contribution is -0.984. The van der Waals surface area contributed by atoms with Crippen LogP contribution in [0.1, 0.15) is 41.0 Å². The van der Waals surface area contributed by atoms with E-state index in [-0.39, 0.29) is 6.23 Å². The quantitative estimate of drug-likeness (QED) is 0.246. The normalized spacial score (nSPS) is 24.2. The number of nitrogens with zero attached hydrogens (tertiary/aromatic N) is 1. The van der Waals surface area contributed by atoms with E-state index in [2.05, 4.69) is 13.0 Å². The zero-order valence-corrected chi connectivity index (χ0v) is 21.2. The lowest BCUT2D eigenvalue weighted by Crippen LogP contribution is -2.66. The number of aliphatic hydroxyl groups is 1. The van der Waals surface area contributed by atoms with Crippen LogP contribution in [0.2, 0.25) is 0 Å². The Hall–Kier alpha value is -2.19. The SMILES string of the molecule is Cc1ccccc1OCCC[N+]12CCC(CC1)C[C@H]2OC(=O)C(O)(c1cccs1)c1cccs1. The van der Waals surface area contributed by atoms with Crippen molar-refractivity contribution >= 4 is 28.6 Å². The Kier molecular flexibility index (Phi) is 6.80. The molecule has 0 radical (unpaired) electrons. The highest BCUT2D eigenvalue weighted by Crippen LogP contribution is 2.42. The Morgan fingerprint density at radius 1 is 1.06 bits per heavy atom. The van der Waals surface area contributed by atoms with Crippen LogP contribution in [0, 0.1) is 12.8 Å². The highest BCUT2D eigenvalue weighted by atomic mass is 32.1. The minimum Gasteiger partial charge on any atom is -0.493 e. The molecule has 1 aromatic carbocycles. The van der Waals surface area contributed by atoms with Crippen LogP contribution in [0.4, 0.5) is 0 Å². The number of esters is 1. The van der Waals surface area contributed by atoms with Gasteiger partial charge in [-0.1, -0.05) is 30.3 Å². The molecule has 3 saturated heterocycles. The third-order valence-electron chi connectivity index (χ3n) is 7.50. The molecule has 0 spiro atoms. The number of piperidine rings is 3. The maximum Gasteiger partial charge on any atom is 0.353 e. The molecule has 1 N–H and O–H groups in total. The summed E-state index contributed by atoms with van der Waals surface area (Å²) in [5.74, 6) is 0.973. The van der Waals surface area contributed by atoms with E-state index < -0.39 is 11.6 Å². The van der Waals surface area contributed by atoms with Gasteiger partial charge in [-0.05, 0) is 47.4 Å². The van der Waals surface area contributed by atoms with Crippen LogP contribution in [0.15, 0.2) is 59.3 Å². The molecule has 2 aromatic heterocycles. The van der Waals surface area contributed by atoms with E-state index in [0.29, 0.717) is 22.3 Å². The summed E-state index contributed by atoms with van der Waals surface area (Å²) in [6.07, 6.45) is 3.90. The number of carbonyl (C=O) groups excluding carboxylic acids is 1. The van der Waals surface area contributed by atoms with Crippen molar-refractivity contribution in [3.8, 4) is 5.75 Å². The summed E-state index contributed by atoms with van der Waals surface area (Å²) in [7, 11) is 0. The third kappa shape index (κ3) is 4.42. The fraction of sp³-hybridized carbons (Fsp3) is 0.444. The molecule has 7 heteroatoms. The first-order valence-electron chi connectivity index (χ1n) is 12.1. The van der Waals surface area contributed by atoms with Crippen LogP contribution < -0.4 is 4.74 Å². The number of fused-ring (bicyclic) bond motifs is 3. The molecule has 5 heterocycles. The summed E-state index contributed by atoms with van der Waals surface area (Å²) in [6, 6.07) is 15.4. The molecule has 3 aromatic rings. The third-order valence-corrected chi connectivity index (χ3v) is 9.46. The van der Waals surface area contributed by atoms with Crippen LogP contribution in [-0.4, -0.2) is 48.0 Å². The molecule has 3 fully saturated rings. The van der Waals surface area contributed by atoms with Crippen LogP contribution in [0.25, 0.3) is 0 Å². The number of carbonyl (C=O) groups is 1. The summed E-state index contributed by atoms with van der Waals surface area (Å²) in [4.78, 5) is 14.8. The molecule has 3 aliphatic heterocycles. The average molecular weight is 499 g/mol. The van der Waals surface area contributed by atoms with Gasteiger partial charge in [0, 0.05) is 25.7 Å². The first kappa shape index (κ1) is 23.5. The Bertz CT molecular complexity index is 1050. The molecule has 1 atom stereocenters. The average Bonchev–Trinajstić information content (AvgIpc) is 3.59. The largest absolute Gasteiger partial charge is 0.493 e. The molecule has 180 valence electrons. The smallest absolute Gasteiger partial charge is 0.353 e. The van der Waals surface area contributed by atoms with Gasteiger partial charge in [0.15, 0.2) is 0 Å². The fourth-order valence-corrected chi connectivity index (χ4v) is 7.19. The van der Waals surface area contributed by atoms with Crippen molar-refractivity contribution in [3.63, 3.8) is 0 Å². The van der Waals surface area contributed by atoms with Gasteiger partial charge in [0.2, 0.25) is 11.8 Å². The Labute approximate surface area is 209 Å². The second-order valence-corrected chi connectivity index (χ2v) is 11.5. The second kappa shape index (κ2) is 9.82. The van der Waals surface area contributed by atoms with Gasteiger partial charge in [-0.2, -0.15) is 0 Å². The van der Waals surface area contributed by atoms with Crippen molar-refractivity contribution in [2.24, 2.45) is 5.92 Å². The monoisotopic (exact) mass is 498 g/mol. The van der Waals surface area contributed by atoms with Gasteiger partial charge < -0.3 is 14.6 Å². The zero-order chi connectivity index (χ0) is 23.6. The Morgan fingerprint density at radius 3 is 2.35 bits per heavy atom. The Balaban J connectivity index is 1.30. The second-order valence-electron chi connectivity index (χ2n) is 9.56. The topological polar surface area (TPSA) is 55.8 Å². The highest BCUT2D eigenvalue weighted by Gasteiger charge is 2.52. The van der Waals surface area contributed by atoms with E-state index in [1.165, 1.54) is 35.5 Å². The molecule has 0 unspecified atom stereocenters. The van der Waals surface area contributed by atoms with E-state index in [0.717, 1.165) is 48.3 Å². The van der Waals surface area contributed by atoms with Crippen LogP contribution in [0.3, 0.4) is 0 Å². The standard InChI is InChI=1S/C27H32NO4S2/c1-20-7-2-3-8-22(20)31-16-6-13-28-14-11-21(12-15-28)19-25(28)32-26(29)27(30,23-9-4-17-33-23)24-10-5-18-34-24/h2-5,7-10,17-18,21,25,30H,6,11-16,19H2,1H3/q+1/t21?,25-,28?/m1/s1.